The fourth-order valence-electron chi connectivity index (χ4n) is 1.40. The van der Waals surface area contributed by atoms with E-state index in [9.17, 15) is 0 Å². The van der Waals surface area contributed by atoms with Crippen LogP contribution >= 0.6 is 27.3 Å². The number of halogens is 1. The molecule has 2 heterocycles. The van der Waals surface area contributed by atoms with Gasteiger partial charge in [-0.3, -0.25) is 0 Å². The molecule has 4 heteroatoms. The van der Waals surface area contributed by atoms with E-state index < -0.39 is 0 Å². The van der Waals surface area contributed by atoms with Crippen molar-refractivity contribution in [3.63, 3.8) is 0 Å². The molecule has 0 amide bonds. The van der Waals surface area contributed by atoms with Gasteiger partial charge in [0.2, 0.25) is 0 Å². The first-order valence-electron chi connectivity index (χ1n) is 4.45. The van der Waals surface area contributed by atoms with Gasteiger partial charge < -0.3 is 4.57 Å². The summed E-state index contributed by atoms with van der Waals surface area (Å²) in [5.41, 5.74) is 1.26. The summed E-state index contributed by atoms with van der Waals surface area (Å²) in [6.45, 7) is 0. The second-order valence-electron chi connectivity index (χ2n) is 3.17. The van der Waals surface area contributed by atoms with E-state index in [1.54, 1.807) is 0 Å². The van der Waals surface area contributed by atoms with Crippen molar-refractivity contribution in [3.8, 4) is 0 Å². The van der Waals surface area contributed by atoms with Gasteiger partial charge in [0, 0.05) is 11.9 Å². The molecule has 2 nitrogen and oxygen atoms in total. The molecular weight excluding hydrogens is 260 g/mol. The first kappa shape index (κ1) is 9.93. The number of thiophene rings is 1. The highest BCUT2D eigenvalue weighted by Crippen LogP contribution is 2.17. The van der Waals surface area contributed by atoms with Crippen molar-refractivity contribution in [1.29, 1.82) is 0 Å². The van der Waals surface area contributed by atoms with Gasteiger partial charge in [-0.05, 0) is 40.2 Å². The Kier molecular flexibility index (Phi) is 3.03. The number of imidazole rings is 1. The highest BCUT2D eigenvalue weighted by Gasteiger charge is 2.05. The Morgan fingerprint density at radius 1 is 1.50 bits per heavy atom. The number of rotatable bonds is 3. The minimum Gasteiger partial charge on any atom is -0.337 e. The van der Waals surface area contributed by atoms with Crippen molar-refractivity contribution in [2.45, 2.75) is 12.8 Å². The lowest BCUT2D eigenvalue weighted by molar-refractivity contribution is 0.800. The van der Waals surface area contributed by atoms with Crippen molar-refractivity contribution in [1.82, 2.24) is 9.55 Å². The summed E-state index contributed by atoms with van der Waals surface area (Å²) >= 11 is 5.26. The molecule has 2 aromatic rings. The minimum absolute atomic E-state index is 0.969. The van der Waals surface area contributed by atoms with Crippen LogP contribution < -0.4 is 0 Å². The predicted octanol–water partition coefficient (Wildman–Crippen LogP) is 3.03. The Hall–Kier alpha value is -0.610. The van der Waals surface area contributed by atoms with E-state index in [4.69, 9.17) is 0 Å². The van der Waals surface area contributed by atoms with Crippen LogP contribution in [0.2, 0.25) is 0 Å². The maximum Gasteiger partial charge on any atom is 0.127 e. The van der Waals surface area contributed by atoms with Crippen molar-refractivity contribution in [2.75, 3.05) is 0 Å². The van der Waals surface area contributed by atoms with Gasteiger partial charge in [-0.25, -0.2) is 4.98 Å². The number of aryl methyl sites for hydroxylation is 2. The molecule has 0 aliphatic rings. The zero-order valence-corrected chi connectivity index (χ0v) is 10.3. The largest absolute Gasteiger partial charge is 0.337 e. The van der Waals surface area contributed by atoms with Crippen molar-refractivity contribution >= 4 is 27.3 Å². The zero-order valence-electron chi connectivity index (χ0n) is 7.90. The molecule has 0 aromatic carbocycles. The summed E-state index contributed by atoms with van der Waals surface area (Å²) in [6.07, 6.45) is 3.97. The molecule has 0 spiro atoms. The van der Waals surface area contributed by atoms with Gasteiger partial charge in [-0.15, -0.1) is 11.3 Å². The fraction of sp³-hybridized carbons (Fsp3) is 0.300. The van der Waals surface area contributed by atoms with Crippen LogP contribution in [0.1, 0.15) is 10.6 Å². The molecule has 0 aliphatic heterocycles. The zero-order chi connectivity index (χ0) is 9.97. The average molecular weight is 271 g/mol. The first-order valence-corrected chi connectivity index (χ1v) is 6.12. The van der Waals surface area contributed by atoms with Crippen LogP contribution in [0.5, 0.6) is 0 Å². The maximum absolute atomic E-state index is 4.20. The molecule has 74 valence electrons. The number of nitrogens with zero attached hydrogens (tertiary/aromatic N) is 2. The molecule has 0 bridgehead atoms. The standard InChI is InChI=1S/C10H11BrN2S/c1-13-7-12-10(11)9(13)5-4-8-3-2-6-14-8/h2-3,6-7H,4-5H2,1H3. The molecule has 0 fully saturated rings. The van der Waals surface area contributed by atoms with Gasteiger partial charge >= 0.3 is 0 Å². The Bertz CT molecular complexity index is 386. The molecule has 0 N–H and O–H groups in total. The van der Waals surface area contributed by atoms with Gasteiger partial charge in [0.05, 0.1) is 12.0 Å². The topological polar surface area (TPSA) is 17.8 Å². The highest BCUT2D eigenvalue weighted by atomic mass is 79.9. The van der Waals surface area contributed by atoms with Gasteiger partial charge in [0.15, 0.2) is 0 Å². The highest BCUT2D eigenvalue weighted by molar-refractivity contribution is 9.10. The molecule has 2 aromatic heterocycles. The summed E-state index contributed by atoms with van der Waals surface area (Å²) in [6, 6.07) is 4.27. The van der Waals surface area contributed by atoms with Crippen LogP contribution in [0.4, 0.5) is 0 Å². The predicted molar refractivity (Wildman–Crippen MR) is 62.6 cm³/mol. The molecule has 0 aliphatic carbocycles. The summed E-state index contributed by atoms with van der Waals surface area (Å²) in [4.78, 5) is 5.63. The molecular formula is C10H11BrN2S. The van der Waals surface area contributed by atoms with Crippen LogP contribution in [0, 0.1) is 0 Å². The van der Waals surface area contributed by atoms with E-state index in [2.05, 4.69) is 43.0 Å². The van der Waals surface area contributed by atoms with Crippen molar-refractivity contribution in [2.24, 2.45) is 7.05 Å². The fourth-order valence-corrected chi connectivity index (χ4v) is 2.68. The second-order valence-corrected chi connectivity index (χ2v) is 4.96. The number of hydrogen-bond donors (Lipinski definition) is 0. The molecule has 2 rings (SSSR count). The van der Waals surface area contributed by atoms with Gasteiger partial charge in [0.1, 0.15) is 4.60 Å². The quantitative estimate of drug-likeness (QED) is 0.839. The second kappa shape index (κ2) is 4.28. The van der Waals surface area contributed by atoms with Crippen molar-refractivity contribution in [3.05, 3.63) is 39.0 Å². The Morgan fingerprint density at radius 3 is 2.93 bits per heavy atom. The Morgan fingerprint density at radius 2 is 2.36 bits per heavy atom. The SMILES string of the molecule is Cn1cnc(Br)c1CCc1cccs1. The lowest BCUT2D eigenvalue weighted by Crippen LogP contribution is -1.97. The molecule has 0 saturated heterocycles. The minimum atomic E-state index is 0.969. The number of hydrogen-bond acceptors (Lipinski definition) is 2. The number of aromatic nitrogens is 2. The third-order valence-electron chi connectivity index (χ3n) is 2.20. The summed E-state index contributed by atoms with van der Waals surface area (Å²) in [7, 11) is 2.03. The van der Waals surface area contributed by atoms with E-state index in [0.29, 0.717) is 0 Å². The average Bonchev–Trinajstić information content (AvgIpc) is 2.76. The monoisotopic (exact) mass is 270 g/mol. The van der Waals surface area contributed by atoms with Gasteiger partial charge in [-0.1, -0.05) is 6.07 Å². The summed E-state index contributed by atoms with van der Waals surface area (Å²) in [5.74, 6) is 0. The van der Waals surface area contributed by atoms with Crippen LogP contribution in [0.15, 0.2) is 28.4 Å². The van der Waals surface area contributed by atoms with Gasteiger partial charge in [-0.2, -0.15) is 0 Å². The molecule has 0 unspecified atom stereocenters. The van der Waals surface area contributed by atoms with Crippen LogP contribution in [0.3, 0.4) is 0 Å². The molecule has 0 saturated carbocycles. The lowest BCUT2D eigenvalue weighted by Gasteiger charge is -2.01. The van der Waals surface area contributed by atoms with E-state index in [0.717, 1.165) is 17.4 Å². The normalized spacial score (nSPS) is 10.7. The van der Waals surface area contributed by atoms with Crippen LogP contribution in [-0.4, -0.2) is 9.55 Å². The van der Waals surface area contributed by atoms with E-state index in [-0.39, 0.29) is 0 Å². The molecule has 0 radical (unpaired) electrons. The van der Waals surface area contributed by atoms with Crippen LogP contribution in [-0.2, 0) is 19.9 Å². The van der Waals surface area contributed by atoms with Crippen molar-refractivity contribution < 1.29 is 0 Å². The lowest BCUT2D eigenvalue weighted by atomic mass is 10.2. The Balaban J connectivity index is 2.05. The van der Waals surface area contributed by atoms with E-state index >= 15 is 0 Å². The molecule has 0 atom stereocenters. The van der Waals surface area contributed by atoms with Gasteiger partial charge in [0.25, 0.3) is 0 Å². The summed E-state index contributed by atoms with van der Waals surface area (Å²) < 4.78 is 3.04. The third kappa shape index (κ3) is 2.07. The maximum atomic E-state index is 4.20. The first-order chi connectivity index (χ1) is 6.77. The van der Waals surface area contributed by atoms with Crippen LogP contribution in [0.25, 0.3) is 0 Å². The smallest absolute Gasteiger partial charge is 0.127 e. The van der Waals surface area contributed by atoms with E-state index in [1.165, 1.54) is 10.6 Å². The molecule has 14 heavy (non-hydrogen) atoms. The Labute approximate surface area is 95.7 Å². The van der Waals surface area contributed by atoms with E-state index in [1.807, 2.05) is 24.7 Å². The third-order valence-corrected chi connectivity index (χ3v) is 3.80. The summed E-state index contributed by atoms with van der Waals surface area (Å²) in [5, 5.41) is 2.12.